The van der Waals surface area contributed by atoms with Gasteiger partial charge in [-0.05, 0) is 12.1 Å². The quantitative estimate of drug-likeness (QED) is 0.542. The highest BCUT2D eigenvalue weighted by Gasteiger charge is 2.31. The van der Waals surface area contributed by atoms with E-state index in [-0.39, 0.29) is 12.6 Å². The Kier molecular flexibility index (Phi) is 5.79. The second-order valence-corrected chi connectivity index (χ2v) is 7.40. The number of amides is 1. The average Bonchev–Trinajstić information content (AvgIpc) is 3.22. The minimum absolute atomic E-state index is 0.165. The molecule has 0 unspecified atom stereocenters. The van der Waals surface area contributed by atoms with Gasteiger partial charge in [0.2, 0.25) is 5.95 Å². The number of aliphatic hydroxyl groups excluding tert-OH is 1. The Balaban J connectivity index is 1.43. The number of nitrogen functional groups attached to an aromatic ring is 1. The number of thiazole rings is 1. The molecule has 4 rings (SSSR count). The van der Waals surface area contributed by atoms with Gasteiger partial charge in [-0.3, -0.25) is 5.32 Å². The van der Waals surface area contributed by atoms with Crippen molar-refractivity contribution < 1.29 is 19.5 Å². The van der Waals surface area contributed by atoms with Crippen LogP contribution in [0.5, 0.6) is 5.75 Å². The molecule has 1 fully saturated rings. The van der Waals surface area contributed by atoms with E-state index in [1.165, 1.54) is 16.4 Å². The molecule has 0 saturated carbocycles. The molecule has 0 bridgehead atoms. The topological polar surface area (TPSA) is 139 Å². The number of hydroxylamine groups is 2. The molecular weight excluding hydrogens is 410 g/mol. The number of piperazine rings is 1. The molecule has 3 heterocycles. The van der Waals surface area contributed by atoms with E-state index >= 15 is 0 Å². The molecule has 0 aliphatic carbocycles. The van der Waals surface area contributed by atoms with E-state index in [1.807, 2.05) is 4.90 Å². The number of nitrogens with one attached hydrogen (secondary N) is 1. The fourth-order valence-corrected chi connectivity index (χ4v) is 3.89. The van der Waals surface area contributed by atoms with Gasteiger partial charge in [-0.2, -0.15) is 4.98 Å². The second kappa shape index (κ2) is 8.65. The lowest BCUT2D eigenvalue weighted by molar-refractivity contribution is -0.140. The van der Waals surface area contributed by atoms with Crippen LogP contribution in [0.3, 0.4) is 0 Å². The second-order valence-electron chi connectivity index (χ2n) is 6.57. The number of aromatic nitrogens is 3. The number of methoxy groups -OCH3 is 1. The maximum Gasteiger partial charge on any atom is 0.430 e. The molecule has 12 heteroatoms. The highest BCUT2D eigenvalue weighted by molar-refractivity contribution is 7.16. The summed E-state index contributed by atoms with van der Waals surface area (Å²) in [4.78, 5) is 33.3. The van der Waals surface area contributed by atoms with Crippen LogP contribution < -0.4 is 20.7 Å². The maximum absolute atomic E-state index is 12.3. The van der Waals surface area contributed by atoms with E-state index in [9.17, 15) is 9.90 Å². The van der Waals surface area contributed by atoms with Crippen LogP contribution in [-0.4, -0.2) is 70.6 Å². The van der Waals surface area contributed by atoms with E-state index in [1.54, 1.807) is 36.9 Å². The summed E-state index contributed by atoms with van der Waals surface area (Å²) >= 11 is 1.38. The highest BCUT2D eigenvalue weighted by atomic mass is 32.1. The van der Waals surface area contributed by atoms with Gasteiger partial charge >= 0.3 is 6.09 Å². The number of carbonyl (C=O) groups excluding carboxylic acids is 1. The van der Waals surface area contributed by atoms with E-state index < -0.39 is 12.1 Å². The summed E-state index contributed by atoms with van der Waals surface area (Å²) in [5, 5.41) is 14.0. The predicted octanol–water partition coefficient (Wildman–Crippen LogP) is 1.32. The van der Waals surface area contributed by atoms with Crippen LogP contribution in [0.25, 0.3) is 10.3 Å². The van der Waals surface area contributed by atoms with Crippen LogP contribution in [0.15, 0.2) is 29.8 Å². The maximum atomic E-state index is 12.3. The van der Waals surface area contributed by atoms with Crippen LogP contribution in [0, 0.1) is 0 Å². The van der Waals surface area contributed by atoms with Gasteiger partial charge in [-0.1, -0.05) is 6.07 Å². The van der Waals surface area contributed by atoms with Gasteiger partial charge in [-0.25, -0.2) is 14.8 Å². The van der Waals surface area contributed by atoms with Gasteiger partial charge < -0.3 is 25.3 Å². The van der Waals surface area contributed by atoms with Crippen molar-refractivity contribution in [3.63, 3.8) is 0 Å². The number of aliphatic hydroxyl groups is 1. The molecule has 3 aromatic rings. The SMILES string of the molecule is COc1cccc(NC(=O)ON2CCN(c3nc(N)nc4scnc34)C[C@@H]2CO)c1. The molecule has 2 aromatic heterocycles. The van der Waals surface area contributed by atoms with Gasteiger partial charge in [-0.15, -0.1) is 16.4 Å². The Bertz CT molecular complexity index is 1050. The lowest BCUT2D eigenvalue weighted by Crippen LogP contribution is -2.55. The molecule has 0 spiro atoms. The Morgan fingerprint density at radius 1 is 1.40 bits per heavy atom. The van der Waals surface area contributed by atoms with Gasteiger partial charge in [0, 0.05) is 24.8 Å². The summed E-state index contributed by atoms with van der Waals surface area (Å²) in [6.45, 7) is 1.05. The first kappa shape index (κ1) is 20.1. The van der Waals surface area contributed by atoms with Gasteiger partial charge in [0.1, 0.15) is 11.3 Å². The number of hydrogen-bond donors (Lipinski definition) is 3. The summed E-state index contributed by atoms with van der Waals surface area (Å²) in [5.74, 6) is 1.39. The summed E-state index contributed by atoms with van der Waals surface area (Å²) in [7, 11) is 1.55. The van der Waals surface area contributed by atoms with Crippen molar-refractivity contribution in [1.82, 2.24) is 20.0 Å². The van der Waals surface area contributed by atoms with Gasteiger partial charge in [0.25, 0.3) is 0 Å². The molecule has 1 aromatic carbocycles. The Morgan fingerprint density at radius 3 is 3.07 bits per heavy atom. The molecule has 30 heavy (non-hydrogen) atoms. The van der Waals surface area contributed by atoms with Gasteiger partial charge in [0.05, 0.1) is 31.8 Å². The summed E-state index contributed by atoms with van der Waals surface area (Å²) in [6, 6.07) is 6.50. The van der Waals surface area contributed by atoms with Crippen molar-refractivity contribution in [2.24, 2.45) is 0 Å². The third-order valence-electron chi connectivity index (χ3n) is 4.65. The number of rotatable bonds is 5. The normalized spacial score (nSPS) is 17.1. The Labute approximate surface area is 176 Å². The number of anilines is 3. The number of fused-ring (bicyclic) bond motifs is 1. The zero-order chi connectivity index (χ0) is 21.1. The van der Waals surface area contributed by atoms with Gasteiger partial charge in [0.15, 0.2) is 10.6 Å². The predicted molar refractivity (Wildman–Crippen MR) is 113 cm³/mol. The lowest BCUT2D eigenvalue weighted by atomic mass is 10.2. The van der Waals surface area contributed by atoms with Crippen molar-refractivity contribution in [2.45, 2.75) is 6.04 Å². The number of benzene rings is 1. The number of nitrogens with zero attached hydrogens (tertiary/aromatic N) is 5. The Hall–Kier alpha value is -3.22. The first-order chi connectivity index (χ1) is 14.6. The highest BCUT2D eigenvalue weighted by Crippen LogP contribution is 2.28. The average molecular weight is 431 g/mol. The van der Waals surface area contributed by atoms with Crippen LogP contribution >= 0.6 is 11.3 Å². The summed E-state index contributed by atoms with van der Waals surface area (Å²) < 4.78 is 5.14. The molecule has 0 radical (unpaired) electrons. The molecule has 11 nitrogen and oxygen atoms in total. The zero-order valence-electron chi connectivity index (χ0n) is 16.2. The molecule has 1 aliphatic heterocycles. The molecule has 158 valence electrons. The minimum Gasteiger partial charge on any atom is -0.497 e. The minimum atomic E-state index is -0.650. The van der Waals surface area contributed by atoms with E-state index in [2.05, 4.69) is 20.3 Å². The molecule has 1 aliphatic rings. The van der Waals surface area contributed by atoms with Crippen LogP contribution in [-0.2, 0) is 4.84 Å². The van der Waals surface area contributed by atoms with Crippen LogP contribution in [0.2, 0.25) is 0 Å². The van der Waals surface area contributed by atoms with Crippen LogP contribution in [0.1, 0.15) is 0 Å². The molecule has 1 saturated heterocycles. The molecule has 1 amide bonds. The number of carbonyl (C=O) groups is 1. The van der Waals surface area contributed by atoms with E-state index in [0.29, 0.717) is 47.2 Å². The molecule has 4 N–H and O–H groups in total. The number of hydrogen-bond acceptors (Lipinski definition) is 11. The van der Waals surface area contributed by atoms with Crippen molar-refractivity contribution in [1.29, 1.82) is 0 Å². The first-order valence-corrected chi connectivity index (χ1v) is 10.1. The lowest BCUT2D eigenvalue weighted by Gasteiger charge is -2.39. The first-order valence-electron chi connectivity index (χ1n) is 9.19. The van der Waals surface area contributed by atoms with Crippen molar-refractivity contribution in [3.05, 3.63) is 29.8 Å². The number of ether oxygens (including phenoxy) is 1. The van der Waals surface area contributed by atoms with Crippen molar-refractivity contribution in [2.75, 3.05) is 49.3 Å². The van der Waals surface area contributed by atoms with Crippen molar-refractivity contribution in [3.8, 4) is 5.75 Å². The smallest absolute Gasteiger partial charge is 0.430 e. The monoisotopic (exact) mass is 431 g/mol. The molecular formula is C18H21N7O4S. The standard InChI is InChI=1S/C18H21N7O4S/c1-28-13-4-2-3-11(7-13)21-18(27)29-25-6-5-24(8-12(25)9-26)15-14-16(30-10-20-14)23-17(19)22-15/h2-4,7,10,12,26H,5-6,8-9H2,1H3,(H,21,27)(H2,19,22,23)/t12-/m1/s1. The fraction of sp³-hybridized carbons (Fsp3) is 0.333. The third kappa shape index (κ3) is 4.20. The summed E-state index contributed by atoms with van der Waals surface area (Å²) in [5.41, 5.74) is 8.72. The van der Waals surface area contributed by atoms with Crippen LogP contribution in [0.4, 0.5) is 22.2 Å². The third-order valence-corrected chi connectivity index (χ3v) is 5.37. The fourth-order valence-electron chi connectivity index (χ4n) is 3.23. The van der Waals surface area contributed by atoms with E-state index in [4.69, 9.17) is 15.3 Å². The summed E-state index contributed by atoms with van der Waals surface area (Å²) in [6.07, 6.45) is -0.650. The van der Waals surface area contributed by atoms with E-state index in [0.717, 1.165) is 0 Å². The number of nitrogens with two attached hydrogens (primary N) is 1. The molecule has 1 atom stereocenters. The zero-order valence-corrected chi connectivity index (χ0v) is 17.0. The largest absolute Gasteiger partial charge is 0.497 e. The van der Waals surface area contributed by atoms with Crippen molar-refractivity contribution >= 4 is 45.2 Å². The Morgan fingerprint density at radius 2 is 2.27 bits per heavy atom.